The van der Waals surface area contributed by atoms with Gasteiger partial charge >= 0.3 is 0 Å². The average Bonchev–Trinajstić information content (AvgIpc) is 3.31. The van der Waals surface area contributed by atoms with Crippen LogP contribution in [0.15, 0.2) is 28.8 Å². The second-order valence-electron chi connectivity index (χ2n) is 7.33. The van der Waals surface area contributed by atoms with Gasteiger partial charge in [-0.1, -0.05) is 47.8 Å². The molecule has 2 aromatic rings. The lowest BCUT2D eigenvalue weighted by molar-refractivity contribution is -0.122. The molecule has 1 aliphatic rings. The van der Waals surface area contributed by atoms with E-state index in [4.69, 9.17) is 16.0 Å². The van der Waals surface area contributed by atoms with Crippen LogP contribution in [0.2, 0.25) is 0 Å². The number of nitrogens with one attached hydrogen (secondary N) is 1. The summed E-state index contributed by atoms with van der Waals surface area (Å²) in [6.45, 7) is 1.96. The molecule has 0 aliphatic heterocycles. The standard InChI is InChI=1S/C20H25N5O4/c1-12-6-8-13(9-7-12)10-25(11-15(26)23-14-4-2-3-5-14)20(28)18-16(21)17(19(22)27)24-29-18/h6-9,14H,2-5,10-11,21H2,1H3,(H2,22,27)(H,23,26). The van der Waals surface area contributed by atoms with Crippen molar-refractivity contribution < 1.29 is 18.9 Å². The van der Waals surface area contributed by atoms with Crippen molar-refractivity contribution in [3.63, 3.8) is 0 Å². The highest BCUT2D eigenvalue weighted by molar-refractivity contribution is 6.04. The number of rotatable bonds is 7. The summed E-state index contributed by atoms with van der Waals surface area (Å²) in [5.41, 5.74) is 12.4. The lowest BCUT2D eigenvalue weighted by Gasteiger charge is -2.22. The predicted octanol–water partition coefficient (Wildman–Crippen LogP) is 1.37. The Labute approximate surface area is 168 Å². The smallest absolute Gasteiger partial charge is 0.295 e. The largest absolute Gasteiger partial charge is 0.393 e. The van der Waals surface area contributed by atoms with Crippen molar-refractivity contribution >= 4 is 23.4 Å². The number of primary amides is 1. The molecule has 3 rings (SSSR count). The lowest BCUT2D eigenvalue weighted by atomic mass is 10.1. The number of carbonyl (C=O) groups is 3. The van der Waals surface area contributed by atoms with Gasteiger partial charge in [-0.15, -0.1) is 0 Å². The summed E-state index contributed by atoms with van der Waals surface area (Å²) in [6.07, 6.45) is 4.05. The van der Waals surface area contributed by atoms with Crippen LogP contribution in [0.25, 0.3) is 0 Å². The Morgan fingerprint density at radius 2 is 1.86 bits per heavy atom. The molecule has 1 aliphatic carbocycles. The molecule has 3 amide bonds. The summed E-state index contributed by atoms with van der Waals surface area (Å²) in [7, 11) is 0. The van der Waals surface area contributed by atoms with E-state index in [1.54, 1.807) is 0 Å². The molecule has 0 saturated heterocycles. The molecule has 29 heavy (non-hydrogen) atoms. The molecule has 1 fully saturated rings. The van der Waals surface area contributed by atoms with Crippen molar-refractivity contribution in [3.05, 3.63) is 46.8 Å². The minimum absolute atomic E-state index is 0.135. The number of amides is 3. The van der Waals surface area contributed by atoms with Crippen LogP contribution in [-0.4, -0.2) is 40.4 Å². The first-order chi connectivity index (χ1) is 13.8. The fourth-order valence-corrected chi connectivity index (χ4v) is 3.40. The summed E-state index contributed by atoms with van der Waals surface area (Å²) in [4.78, 5) is 38.2. The second-order valence-corrected chi connectivity index (χ2v) is 7.33. The first-order valence-electron chi connectivity index (χ1n) is 9.54. The van der Waals surface area contributed by atoms with Crippen LogP contribution in [0.4, 0.5) is 5.69 Å². The van der Waals surface area contributed by atoms with Gasteiger partial charge in [-0.05, 0) is 25.3 Å². The molecule has 0 unspecified atom stereocenters. The highest BCUT2D eigenvalue weighted by Crippen LogP contribution is 2.21. The van der Waals surface area contributed by atoms with E-state index in [1.165, 1.54) is 4.90 Å². The van der Waals surface area contributed by atoms with E-state index < -0.39 is 11.8 Å². The van der Waals surface area contributed by atoms with E-state index in [-0.39, 0.29) is 42.2 Å². The van der Waals surface area contributed by atoms with E-state index in [1.807, 2.05) is 31.2 Å². The molecule has 1 aromatic heterocycles. The maximum atomic E-state index is 13.0. The topological polar surface area (TPSA) is 145 Å². The molecule has 9 nitrogen and oxygen atoms in total. The Morgan fingerprint density at radius 1 is 1.21 bits per heavy atom. The molecule has 0 bridgehead atoms. The minimum atomic E-state index is -0.894. The van der Waals surface area contributed by atoms with Gasteiger partial charge < -0.3 is 26.2 Å². The van der Waals surface area contributed by atoms with Gasteiger partial charge in [0.1, 0.15) is 12.2 Å². The molecule has 0 atom stereocenters. The van der Waals surface area contributed by atoms with Crippen LogP contribution in [0.5, 0.6) is 0 Å². The molecule has 0 radical (unpaired) electrons. The van der Waals surface area contributed by atoms with E-state index in [9.17, 15) is 14.4 Å². The van der Waals surface area contributed by atoms with Crippen LogP contribution in [0.1, 0.15) is 57.9 Å². The lowest BCUT2D eigenvalue weighted by Crippen LogP contribution is -2.43. The van der Waals surface area contributed by atoms with E-state index >= 15 is 0 Å². The molecule has 1 aromatic carbocycles. The highest BCUT2D eigenvalue weighted by Gasteiger charge is 2.29. The number of hydrogen-bond donors (Lipinski definition) is 3. The fraction of sp³-hybridized carbons (Fsp3) is 0.400. The second kappa shape index (κ2) is 8.76. The number of anilines is 1. The fourth-order valence-electron chi connectivity index (χ4n) is 3.40. The third-order valence-corrected chi connectivity index (χ3v) is 4.99. The van der Waals surface area contributed by atoms with Gasteiger partial charge in [0.25, 0.3) is 11.8 Å². The van der Waals surface area contributed by atoms with Gasteiger partial charge in [0.05, 0.1) is 0 Å². The zero-order chi connectivity index (χ0) is 21.0. The Kier molecular flexibility index (Phi) is 6.16. The van der Waals surface area contributed by atoms with Gasteiger partial charge in [-0.25, -0.2) is 0 Å². The van der Waals surface area contributed by atoms with Crippen molar-refractivity contribution in [1.82, 2.24) is 15.4 Å². The Balaban J connectivity index is 1.80. The highest BCUT2D eigenvalue weighted by atomic mass is 16.5. The van der Waals surface area contributed by atoms with Crippen molar-refractivity contribution in [2.24, 2.45) is 5.73 Å². The summed E-state index contributed by atoms with van der Waals surface area (Å²) in [5.74, 6) is -2.09. The van der Waals surface area contributed by atoms with Gasteiger partial charge in [0.15, 0.2) is 5.69 Å². The number of aromatic nitrogens is 1. The van der Waals surface area contributed by atoms with E-state index in [0.29, 0.717) is 0 Å². The number of benzene rings is 1. The summed E-state index contributed by atoms with van der Waals surface area (Å²) >= 11 is 0. The van der Waals surface area contributed by atoms with Gasteiger partial charge in [0.2, 0.25) is 11.7 Å². The first-order valence-corrected chi connectivity index (χ1v) is 9.54. The Hall–Kier alpha value is -3.36. The maximum absolute atomic E-state index is 13.0. The van der Waals surface area contributed by atoms with Crippen molar-refractivity contribution in [1.29, 1.82) is 0 Å². The van der Waals surface area contributed by atoms with Crippen molar-refractivity contribution in [2.45, 2.75) is 45.2 Å². The zero-order valence-corrected chi connectivity index (χ0v) is 16.3. The van der Waals surface area contributed by atoms with Crippen LogP contribution in [0.3, 0.4) is 0 Å². The predicted molar refractivity (Wildman–Crippen MR) is 106 cm³/mol. The quantitative estimate of drug-likeness (QED) is 0.641. The molecular formula is C20H25N5O4. The molecule has 1 heterocycles. The maximum Gasteiger partial charge on any atom is 0.295 e. The first kappa shape index (κ1) is 20.4. The number of hydrogen-bond acceptors (Lipinski definition) is 6. The molecule has 9 heteroatoms. The number of nitrogens with zero attached hydrogens (tertiary/aromatic N) is 2. The molecular weight excluding hydrogens is 374 g/mol. The molecule has 1 saturated carbocycles. The number of carbonyl (C=O) groups excluding carboxylic acids is 3. The number of aryl methyl sites for hydroxylation is 1. The number of nitrogens with two attached hydrogens (primary N) is 2. The molecule has 0 spiro atoms. The monoisotopic (exact) mass is 399 g/mol. The summed E-state index contributed by atoms with van der Waals surface area (Å²) in [6, 6.07) is 7.73. The summed E-state index contributed by atoms with van der Waals surface area (Å²) in [5, 5.41) is 6.44. The zero-order valence-electron chi connectivity index (χ0n) is 16.3. The van der Waals surface area contributed by atoms with Gasteiger partial charge in [-0.2, -0.15) is 0 Å². The molecule has 5 N–H and O–H groups in total. The Morgan fingerprint density at radius 3 is 2.45 bits per heavy atom. The van der Waals surface area contributed by atoms with Gasteiger partial charge in [-0.3, -0.25) is 14.4 Å². The van der Waals surface area contributed by atoms with Crippen LogP contribution in [0, 0.1) is 6.92 Å². The van der Waals surface area contributed by atoms with Crippen LogP contribution in [-0.2, 0) is 11.3 Å². The van der Waals surface area contributed by atoms with E-state index in [0.717, 1.165) is 36.8 Å². The normalized spacial score (nSPS) is 14.0. The van der Waals surface area contributed by atoms with Crippen molar-refractivity contribution in [2.75, 3.05) is 12.3 Å². The number of nitrogen functional groups attached to an aromatic ring is 1. The van der Waals surface area contributed by atoms with E-state index in [2.05, 4.69) is 10.5 Å². The molecule has 154 valence electrons. The SMILES string of the molecule is Cc1ccc(CN(CC(=O)NC2CCCC2)C(=O)c2onc(C(N)=O)c2N)cc1. The minimum Gasteiger partial charge on any atom is -0.393 e. The van der Waals surface area contributed by atoms with Crippen molar-refractivity contribution in [3.8, 4) is 0 Å². The van der Waals surface area contributed by atoms with Crippen LogP contribution >= 0.6 is 0 Å². The van der Waals surface area contributed by atoms with Gasteiger partial charge in [0, 0.05) is 12.6 Å². The van der Waals surface area contributed by atoms with Crippen LogP contribution < -0.4 is 16.8 Å². The Bertz CT molecular complexity index is 900. The third-order valence-electron chi connectivity index (χ3n) is 4.99. The third kappa shape index (κ3) is 4.92. The average molecular weight is 399 g/mol. The summed E-state index contributed by atoms with van der Waals surface area (Å²) < 4.78 is 4.97.